The number of nitrogens with one attached hydrogen (secondary N) is 1. The van der Waals surface area contributed by atoms with Crippen LogP contribution in [0, 0.1) is 13.8 Å². The number of aromatic nitrogens is 3. The molecular weight excluding hydrogens is 342 g/mol. The van der Waals surface area contributed by atoms with Crippen LogP contribution in [-0.2, 0) is 4.79 Å². The minimum atomic E-state index is -0.0139. The summed E-state index contributed by atoms with van der Waals surface area (Å²) in [6, 6.07) is 9.76. The van der Waals surface area contributed by atoms with Gasteiger partial charge in [0, 0.05) is 36.7 Å². The van der Waals surface area contributed by atoms with Gasteiger partial charge in [-0.1, -0.05) is 11.2 Å². The van der Waals surface area contributed by atoms with Gasteiger partial charge < -0.3 is 9.84 Å². The summed E-state index contributed by atoms with van der Waals surface area (Å²) in [5, 5.41) is 6.99. The summed E-state index contributed by atoms with van der Waals surface area (Å²) in [5.41, 5.74) is 3.94. The molecule has 1 aromatic carbocycles. The van der Waals surface area contributed by atoms with Crippen molar-refractivity contribution in [3.05, 3.63) is 59.7 Å². The maximum Gasteiger partial charge on any atom is 0.238 e. The molecule has 1 N–H and O–H groups in total. The van der Waals surface area contributed by atoms with Crippen LogP contribution in [0.4, 0.5) is 5.69 Å². The number of hydrogen-bond donors (Lipinski definition) is 1. The largest absolute Gasteiger partial charge is 0.339 e. The minimum Gasteiger partial charge on any atom is -0.339 e. The standard InChI is InChI=1S/C20H21N5O2/c1-13-6-14(2)8-17(7-13)22-18(26)12-25-10-16(11-25)20-23-19(24-27-20)15-4-3-5-21-9-15/h3-9,16H,10-12H2,1-2H3,(H,22,26). The molecule has 0 atom stereocenters. The van der Waals surface area contributed by atoms with Gasteiger partial charge in [0.05, 0.1) is 12.5 Å². The number of nitrogens with zero attached hydrogens (tertiary/aromatic N) is 4. The van der Waals surface area contributed by atoms with Crippen LogP contribution < -0.4 is 5.32 Å². The van der Waals surface area contributed by atoms with Gasteiger partial charge in [0.15, 0.2) is 0 Å². The van der Waals surface area contributed by atoms with E-state index in [0.717, 1.165) is 35.5 Å². The van der Waals surface area contributed by atoms with E-state index in [9.17, 15) is 4.79 Å². The first-order chi connectivity index (χ1) is 13.1. The average Bonchev–Trinajstić information content (AvgIpc) is 3.07. The van der Waals surface area contributed by atoms with Gasteiger partial charge in [0.2, 0.25) is 17.6 Å². The molecule has 1 saturated heterocycles. The molecule has 0 saturated carbocycles. The van der Waals surface area contributed by atoms with Crippen molar-refractivity contribution in [1.29, 1.82) is 0 Å². The molecule has 27 heavy (non-hydrogen) atoms. The van der Waals surface area contributed by atoms with Crippen molar-refractivity contribution in [2.75, 3.05) is 25.0 Å². The lowest BCUT2D eigenvalue weighted by Crippen LogP contribution is -2.48. The molecular formula is C20H21N5O2. The third kappa shape index (κ3) is 4.03. The fraction of sp³-hybridized carbons (Fsp3) is 0.300. The summed E-state index contributed by atoms with van der Waals surface area (Å²) in [5.74, 6) is 1.31. The summed E-state index contributed by atoms with van der Waals surface area (Å²) in [4.78, 5) is 22.8. The number of benzene rings is 1. The highest BCUT2D eigenvalue weighted by Gasteiger charge is 2.33. The molecule has 7 nitrogen and oxygen atoms in total. The Morgan fingerprint density at radius 3 is 2.74 bits per heavy atom. The highest BCUT2D eigenvalue weighted by Crippen LogP contribution is 2.27. The van der Waals surface area contributed by atoms with E-state index in [2.05, 4.69) is 31.4 Å². The second-order valence-electron chi connectivity index (χ2n) is 7.01. The van der Waals surface area contributed by atoms with Crippen molar-refractivity contribution in [1.82, 2.24) is 20.0 Å². The quantitative estimate of drug-likeness (QED) is 0.750. The van der Waals surface area contributed by atoms with Crippen molar-refractivity contribution >= 4 is 11.6 Å². The Bertz CT molecular complexity index is 928. The molecule has 1 aliphatic heterocycles. The van der Waals surface area contributed by atoms with E-state index in [1.54, 1.807) is 12.4 Å². The van der Waals surface area contributed by atoms with Gasteiger partial charge in [-0.05, 0) is 49.2 Å². The van der Waals surface area contributed by atoms with Crippen LogP contribution in [0.2, 0.25) is 0 Å². The Morgan fingerprint density at radius 2 is 2.04 bits per heavy atom. The van der Waals surface area contributed by atoms with Crippen LogP contribution in [0.25, 0.3) is 11.4 Å². The number of carbonyl (C=O) groups is 1. The Morgan fingerprint density at radius 1 is 1.26 bits per heavy atom. The summed E-state index contributed by atoms with van der Waals surface area (Å²) < 4.78 is 5.38. The first-order valence-electron chi connectivity index (χ1n) is 8.91. The number of pyridine rings is 1. The first kappa shape index (κ1) is 17.4. The van der Waals surface area contributed by atoms with Gasteiger partial charge in [0.25, 0.3) is 0 Å². The monoisotopic (exact) mass is 363 g/mol. The minimum absolute atomic E-state index is 0.0139. The molecule has 4 rings (SSSR count). The molecule has 2 aromatic heterocycles. The molecule has 1 fully saturated rings. The average molecular weight is 363 g/mol. The highest BCUT2D eigenvalue weighted by atomic mass is 16.5. The Labute approximate surface area is 157 Å². The van der Waals surface area contributed by atoms with E-state index in [1.807, 2.05) is 38.1 Å². The van der Waals surface area contributed by atoms with Crippen molar-refractivity contribution in [2.45, 2.75) is 19.8 Å². The maximum absolute atomic E-state index is 12.3. The smallest absolute Gasteiger partial charge is 0.238 e. The normalized spacial score (nSPS) is 14.7. The number of amides is 1. The summed E-state index contributed by atoms with van der Waals surface area (Å²) in [6.45, 7) is 5.86. The predicted octanol–water partition coefficient (Wildman–Crippen LogP) is 2.79. The lowest BCUT2D eigenvalue weighted by molar-refractivity contribution is -0.118. The van der Waals surface area contributed by atoms with Gasteiger partial charge >= 0.3 is 0 Å². The number of likely N-dealkylation sites (tertiary alicyclic amines) is 1. The second-order valence-corrected chi connectivity index (χ2v) is 7.01. The summed E-state index contributed by atoms with van der Waals surface area (Å²) in [7, 11) is 0. The van der Waals surface area contributed by atoms with Crippen LogP contribution in [0.3, 0.4) is 0 Å². The summed E-state index contributed by atoms with van der Waals surface area (Å²) in [6.07, 6.45) is 3.41. The van der Waals surface area contributed by atoms with Gasteiger partial charge in [-0.25, -0.2) is 0 Å². The molecule has 0 unspecified atom stereocenters. The van der Waals surface area contributed by atoms with Crippen molar-refractivity contribution in [3.8, 4) is 11.4 Å². The lowest BCUT2D eigenvalue weighted by atomic mass is 10.0. The maximum atomic E-state index is 12.3. The van der Waals surface area contributed by atoms with E-state index >= 15 is 0 Å². The van der Waals surface area contributed by atoms with Gasteiger partial charge in [-0.2, -0.15) is 4.98 Å². The number of rotatable bonds is 5. The SMILES string of the molecule is Cc1cc(C)cc(NC(=O)CN2CC(c3nc(-c4cccnc4)no3)C2)c1. The van der Waals surface area contributed by atoms with E-state index in [-0.39, 0.29) is 11.8 Å². The molecule has 0 spiro atoms. The van der Waals surface area contributed by atoms with E-state index < -0.39 is 0 Å². The van der Waals surface area contributed by atoms with E-state index in [4.69, 9.17) is 4.52 Å². The van der Waals surface area contributed by atoms with Crippen LogP contribution in [0.5, 0.6) is 0 Å². The molecule has 0 radical (unpaired) electrons. The van der Waals surface area contributed by atoms with Crippen molar-refractivity contribution in [3.63, 3.8) is 0 Å². The number of anilines is 1. The third-order valence-electron chi connectivity index (χ3n) is 4.54. The van der Waals surface area contributed by atoms with Crippen LogP contribution >= 0.6 is 0 Å². The zero-order valence-electron chi connectivity index (χ0n) is 15.3. The lowest BCUT2D eigenvalue weighted by Gasteiger charge is -2.36. The molecule has 1 aliphatic rings. The van der Waals surface area contributed by atoms with Gasteiger partial charge in [-0.15, -0.1) is 0 Å². The van der Waals surface area contributed by atoms with Crippen LogP contribution in [-0.4, -0.2) is 45.6 Å². The fourth-order valence-corrected chi connectivity index (χ4v) is 3.32. The number of carbonyl (C=O) groups excluding carboxylic acids is 1. The van der Waals surface area contributed by atoms with Crippen molar-refractivity contribution < 1.29 is 9.32 Å². The topological polar surface area (TPSA) is 84.2 Å². The Hall–Kier alpha value is -3.06. The molecule has 0 aliphatic carbocycles. The van der Waals surface area contributed by atoms with Crippen molar-refractivity contribution in [2.24, 2.45) is 0 Å². The predicted molar refractivity (Wildman–Crippen MR) is 101 cm³/mol. The molecule has 1 amide bonds. The molecule has 3 heterocycles. The zero-order chi connectivity index (χ0) is 18.8. The second kappa shape index (κ2) is 7.28. The van der Waals surface area contributed by atoms with Gasteiger partial charge in [-0.3, -0.25) is 14.7 Å². The van der Waals surface area contributed by atoms with Crippen LogP contribution in [0.15, 0.2) is 47.2 Å². The van der Waals surface area contributed by atoms with Crippen LogP contribution in [0.1, 0.15) is 22.9 Å². The zero-order valence-corrected chi connectivity index (χ0v) is 15.3. The molecule has 138 valence electrons. The fourth-order valence-electron chi connectivity index (χ4n) is 3.32. The first-order valence-corrected chi connectivity index (χ1v) is 8.91. The molecule has 3 aromatic rings. The van der Waals surface area contributed by atoms with Gasteiger partial charge in [0.1, 0.15) is 0 Å². The summed E-state index contributed by atoms with van der Waals surface area (Å²) >= 11 is 0. The number of hydrogen-bond acceptors (Lipinski definition) is 6. The Kier molecular flexibility index (Phi) is 4.68. The number of aryl methyl sites for hydroxylation is 2. The Balaban J connectivity index is 1.29. The van der Waals surface area contributed by atoms with E-state index in [1.165, 1.54) is 0 Å². The van der Waals surface area contributed by atoms with E-state index in [0.29, 0.717) is 18.3 Å². The molecule has 7 heteroatoms. The third-order valence-corrected chi connectivity index (χ3v) is 4.54. The molecule has 0 bridgehead atoms. The highest BCUT2D eigenvalue weighted by molar-refractivity contribution is 5.92.